The van der Waals surface area contributed by atoms with E-state index in [1.54, 1.807) is 28.3 Å². The number of carbonyl (C=O) groups is 1. The first kappa shape index (κ1) is 22.8. The first-order valence-corrected chi connectivity index (χ1v) is 11.8. The van der Waals surface area contributed by atoms with Gasteiger partial charge >= 0.3 is 4.87 Å². The number of aromatic nitrogens is 1. The number of unbranched alkanes of at least 4 members (excludes halogenated alkanes) is 1. The number of nitrogens with zero attached hydrogens (tertiary/aromatic N) is 3. The molecule has 3 aromatic rings. The number of fused-ring (bicyclic) bond motifs is 1. The van der Waals surface area contributed by atoms with E-state index in [9.17, 15) is 9.59 Å². The van der Waals surface area contributed by atoms with Crippen LogP contribution < -0.4 is 15.1 Å². The molecular weight excluding hydrogens is 440 g/mol. The van der Waals surface area contributed by atoms with Crippen molar-refractivity contribution in [2.45, 2.75) is 19.4 Å². The molecule has 4 rings (SSSR count). The lowest BCUT2D eigenvalue weighted by atomic mass is 10.1. The van der Waals surface area contributed by atoms with Crippen LogP contribution in [0.3, 0.4) is 0 Å². The van der Waals surface area contributed by atoms with E-state index in [1.165, 1.54) is 15.8 Å². The summed E-state index contributed by atoms with van der Waals surface area (Å²) >= 11 is 2.89. The van der Waals surface area contributed by atoms with Crippen molar-refractivity contribution in [1.29, 1.82) is 0 Å². The van der Waals surface area contributed by atoms with Gasteiger partial charge < -0.3 is 10.2 Å². The first-order chi connectivity index (χ1) is 14.2. The Kier molecular flexibility index (Phi) is 7.93. The van der Waals surface area contributed by atoms with E-state index in [0.29, 0.717) is 12.2 Å². The van der Waals surface area contributed by atoms with Crippen LogP contribution in [0.25, 0.3) is 10.1 Å². The molecule has 0 bridgehead atoms. The van der Waals surface area contributed by atoms with Gasteiger partial charge in [-0.15, -0.1) is 23.7 Å². The molecule has 6 nitrogen and oxygen atoms in total. The molecule has 1 aromatic carbocycles. The van der Waals surface area contributed by atoms with Gasteiger partial charge in [-0.2, -0.15) is 0 Å². The fourth-order valence-corrected chi connectivity index (χ4v) is 5.49. The molecule has 0 saturated carbocycles. The number of nitrogens with one attached hydrogen (secondary N) is 1. The van der Waals surface area contributed by atoms with E-state index in [4.69, 9.17) is 0 Å². The third kappa shape index (κ3) is 4.88. The molecule has 0 spiro atoms. The predicted molar refractivity (Wildman–Crippen MR) is 129 cm³/mol. The molecule has 1 aliphatic heterocycles. The number of thiazole rings is 1. The van der Waals surface area contributed by atoms with Gasteiger partial charge in [0.1, 0.15) is 5.69 Å². The topological polar surface area (TPSA) is 57.6 Å². The normalized spacial score (nSPS) is 14.6. The average Bonchev–Trinajstić information content (AvgIpc) is 3.37. The lowest BCUT2D eigenvalue weighted by molar-refractivity contribution is 0.0953. The molecule has 1 aliphatic rings. The Bertz CT molecular complexity index is 1040. The zero-order valence-corrected chi connectivity index (χ0v) is 19.5. The van der Waals surface area contributed by atoms with Crippen LogP contribution in [0.1, 0.15) is 23.3 Å². The molecule has 3 heterocycles. The molecule has 30 heavy (non-hydrogen) atoms. The molecule has 0 atom stereocenters. The Morgan fingerprint density at radius 3 is 2.60 bits per heavy atom. The molecule has 162 valence electrons. The lowest BCUT2D eigenvalue weighted by Crippen LogP contribution is -2.46. The second-order valence-electron chi connectivity index (χ2n) is 7.26. The van der Waals surface area contributed by atoms with Gasteiger partial charge in [-0.3, -0.25) is 19.1 Å². The summed E-state index contributed by atoms with van der Waals surface area (Å²) in [6.45, 7) is 5.83. The average molecular weight is 467 g/mol. The number of halogens is 1. The third-order valence-electron chi connectivity index (χ3n) is 5.53. The van der Waals surface area contributed by atoms with Crippen LogP contribution in [0.5, 0.6) is 0 Å². The van der Waals surface area contributed by atoms with Crippen molar-refractivity contribution in [3.8, 4) is 0 Å². The zero-order valence-electron chi connectivity index (χ0n) is 17.0. The van der Waals surface area contributed by atoms with Gasteiger partial charge in [0.2, 0.25) is 0 Å². The summed E-state index contributed by atoms with van der Waals surface area (Å²) in [5.74, 6) is -0.194. The highest BCUT2D eigenvalue weighted by Gasteiger charge is 2.19. The molecule has 9 heteroatoms. The highest BCUT2D eigenvalue weighted by atomic mass is 35.5. The molecular formula is C21H27ClN4O2S2. The largest absolute Gasteiger partial charge is 0.368 e. The summed E-state index contributed by atoms with van der Waals surface area (Å²) in [4.78, 5) is 28.8. The maximum Gasteiger partial charge on any atom is 0.307 e. The monoisotopic (exact) mass is 466 g/mol. The van der Waals surface area contributed by atoms with Gasteiger partial charge in [0.05, 0.1) is 0 Å². The molecule has 0 unspecified atom stereocenters. The molecule has 1 fully saturated rings. The second-order valence-corrected chi connectivity index (χ2v) is 9.03. The summed E-state index contributed by atoms with van der Waals surface area (Å²) in [6, 6.07) is 8.79. The van der Waals surface area contributed by atoms with Gasteiger partial charge in [-0.05, 0) is 43.0 Å². The number of rotatable bonds is 7. The van der Waals surface area contributed by atoms with Crippen LogP contribution in [0.4, 0.5) is 5.69 Å². The van der Waals surface area contributed by atoms with E-state index in [2.05, 4.69) is 44.8 Å². The van der Waals surface area contributed by atoms with E-state index in [0.717, 1.165) is 56.9 Å². The number of piperazine rings is 1. The SMILES string of the molecule is CNC(=O)c1csc(=O)n1CCCCN1CCN(c2cccc3sccc23)CC1.Cl. The highest BCUT2D eigenvalue weighted by molar-refractivity contribution is 7.17. The van der Waals surface area contributed by atoms with Crippen molar-refractivity contribution in [2.75, 3.05) is 44.7 Å². The number of hydrogen-bond donors (Lipinski definition) is 1. The molecule has 2 aromatic heterocycles. The molecule has 1 saturated heterocycles. The summed E-state index contributed by atoms with van der Waals surface area (Å²) in [5.41, 5.74) is 1.82. The summed E-state index contributed by atoms with van der Waals surface area (Å²) in [6.07, 6.45) is 1.92. The van der Waals surface area contributed by atoms with Gasteiger partial charge in [-0.25, -0.2) is 0 Å². The molecule has 1 N–H and O–H groups in total. The van der Waals surface area contributed by atoms with Crippen LogP contribution in [0.15, 0.2) is 39.8 Å². The standard InChI is InChI=1S/C21H26N4O2S2.ClH/c1-22-20(26)18-15-29-21(27)25(18)9-3-2-8-23-10-12-24(13-11-23)17-5-4-6-19-16(17)7-14-28-19;/h4-7,14-15H,2-3,8-13H2,1H3,(H,22,26);1H. The maximum atomic E-state index is 12.0. The Morgan fingerprint density at radius 2 is 1.83 bits per heavy atom. The van der Waals surface area contributed by atoms with Crippen LogP contribution in [0, 0.1) is 0 Å². The van der Waals surface area contributed by atoms with Crippen LogP contribution in [-0.4, -0.2) is 55.1 Å². The zero-order chi connectivity index (χ0) is 20.2. The minimum Gasteiger partial charge on any atom is -0.368 e. The predicted octanol–water partition coefficient (Wildman–Crippen LogP) is 3.51. The summed E-state index contributed by atoms with van der Waals surface area (Å²) in [7, 11) is 1.59. The van der Waals surface area contributed by atoms with Crippen LogP contribution in [-0.2, 0) is 6.54 Å². The van der Waals surface area contributed by atoms with Crippen LogP contribution in [0.2, 0.25) is 0 Å². The number of carbonyl (C=O) groups excluding carboxylic acids is 1. The fraction of sp³-hybridized carbons (Fsp3) is 0.429. The number of hydrogen-bond acceptors (Lipinski definition) is 6. The lowest BCUT2D eigenvalue weighted by Gasteiger charge is -2.36. The van der Waals surface area contributed by atoms with Gasteiger partial charge in [0.15, 0.2) is 0 Å². The first-order valence-electron chi connectivity index (χ1n) is 10.0. The quantitative estimate of drug-likeness (QED) is 0.541. The minimum absolute atomic E-state index is 0. The van der Waals surface area contributed by atoms with Crippen molar-refractivity contribution in [2.24, 2.45) is 0 Å². The van der Waals surface area contributed by atoms with Crippen molar-refractivity contribution in [3.63, 3.8) is 0 Å². The molecule has 1 amide bonds. The van der Waals surface area contributed by atoms with E-state index >= 15 is 0 Å². The minimum atomic E-state index is -0.194. The number of anilines is 1. The van der Waals surface area contributed by atoms with Gasteiger partial charge in [0.25, 0.3) is 5.91 Å². The van der Waals surface area contributed by atoms with Crippen molar-refractivity contribution >= 4 is 56.8 Å². The van der Waals surface area contributed by atoms with E-state index < -0.39 is 0 Å². The Balaban J connectivity index is 0.00000256. The van der Waals surface area contributed by atoms with Gasteiger partial charge in [-0.1, -0.05) is 17.4 Å². The summed E-state index contributed by atoms with van der Waals surface area (Å²) < 4.78 is 2.95. The number of amides is 1. The van der Waals surface area contributed by atoms with Crippen molar-refractivity contribution in [1.82, 2.24) is 14.8 Å². The van der Waals surface area contributed by atoms with Crippen molar-refractivity contribution in [3.05, 3.63) is 50.4 Å². The number of thiophene rings is 1. The highest BCUT2D eigenvalue weighted by Crippen LogP contribution is 2.31. The smallest absolute Gasteiger partial charge is 0.307 e. The van der Waals surface area contributed by atoms with Crippen LogP contribution >= 0.6 is 35.1 Å². The van der Waals surface area contributed by atoms with E-state index in [-0.39, 0.29) is 23.2 Å². The van der Waals surface area contributed by atoms with Crippen molar-refractivity contribution < 1.29 is 4.79 Å². The van der Waals surface area contributed by atoms with E-state index in [1.807, 2.05) is 0 Å². The fourth-order valence-electron chi connectivity index (χ4n) is 3.92. The Labute approximate surface area is 190 Å². The maximum absolute atomic E-state index is 12.0. The Morgan fingerprint density at radius 1 is 1.07 bits per heavy atom. The second kappa shape index (κ2) is 10.4. The number of benzene rings is 1. The molecule has 0 aliphatic carbocycles. The Hall–Kier alpha value is -1.87. The molecule has 0 radical (unpaired) electrons. The van der Waals surface area contributed by atoms with Gasteiger partial charge in [0, 0.05) is 60.9 Å². The summed E-state index contributed by atoms with van der Waals surface area (Å²) in [5, 5.41) is 7.77. The third-order valence-corrected chi connectivity index (χ3v) is 7.18.